The molecule has 0 bridgehead atoms. The van der Waals surface area contributed by atoms with Crippen LogP contribution in [-0.4, -0.2) is 97.7 Å². The maximum Gasteiger partial charge on any atom is 2.00 e. The summed E-state index contributed by atoms with van der Waals surface area (Å²) in [5.74, 6) is -1.81. The number of hydrogen-bond acceptors (Lipinski definition) is 6. The molecule has 612 valence electrons. The molecule has 0 heterocycles. The first kappa shape index (κ1) is 107. The van der Waals surface area contributed by atoms with E-state index in [0.29, 0.717) is 0 Å². The van der Waals surface area contributed by atoms with E-state index in [0.717, 1.165) is 26.2 Å². The normalized spacial score (nSPS) is 12.2. The zero-order valence-corrected chi connectivity index (χ0v) is 74.4. The molecule has 0 aliphatic rings. The Bertz CT molecular complexity index is 1330. The van der Waals surface area contributed by atoms with E-state index >= 15 is 0 Å². The molecule has 0 aromatic heterocycles. The summed E-state index contributed by atoms with van der Waals surface area (Å²) in [5, 5.41) is 22.6. The van der Waals surface area contributed by atoms with Gasteiger partial charge in [-0.2, -0.15) is 0 Å². The molecule has 7 heteroatoms. The molecule has 0 spiro atoms. The van der Waals surface area contributed by atoms with Gasteiger partial charge in [-0.25, -0.2) is 0 Å². The molecule has 0 N–H and O–H groups in total. The molecule has 0 saturated carbocycles. The summed E-state index contributed by atoms with van der Waals surface area (Å²) in [6.07, 6.45) is 113. The Labute approximate surface area is 680 Å². The largest absolute Gasteiger partial charge is 2.00 e. The van der Waals surface area contributed by atoms with Gasteiger partial charge in [-0.05, 0) is 65.7 Å². The van der Waals surface area contributed by atoms with Crippen LogP contribution in [0.25, 0.3) is 0 Å². The van der Waals surface area contributed by atoms with E-state index < -0.39 is 11.9 Å². The van der Waals surface area contributed by atoms with Gasteiger partial charge < -0.3 is 29.6 Å². The Kier molecular flexibility index (Phi) is 100. The first-order chi connectivity index (χ1) is 50.2. The van der Waals surface area contributed by atoms with Gasteiger partial charge in [0.05, 0.1) is 0 Å². The Balaban J connectivity index is -0.00000192. The van der Waals surface area contributed by atoms with Crippen LogP contribution in [0.15, 0.2) is 0 Å². The molecule has 0 aliphatic heterocycles. The van der Waals surface area contributed by atoms with Crippen LogP contribution in [0.4, 0.5) is 0 Å². The van der Waals surface area contributed by atoms with Crippen LogP contribution in [0.1, 0.15) is 568 Å². The van der Waals surface area contributed by atoms with Gasteiger partial charge in [-0.1, -0.05) is 516 Å². The second-order valence-electron chi connectivity index (χ2n) is 33.8. The molecular formula is C96H192CaN2O4. The smallest absolute Gasteiger partial charge is 0.550 e. The molecule has 0 fully saturated rings. The molecule has 6 nitrogen and oxygen atoms in total. The number of carboxylic acid groups (broad SMARTS) is 2. The van der Waals surface area contributed by atoms with Crippen molar-refractivity contribution in [3.63, 3.8) is 0 Å². The third-order valence-corrected chi connectivity index (χ3v) is 23.4. The van der Waals surface area contributed by atoms with Crippen LogP contribution < -0.4 is 10.2 Å². The van der Waals surface area contributed by atoms with Crippen LogP contribution in [0.3, 0.4) is 0 Å². The molecule has 0 radical (unpaired) electrons. The third-order valence-electron chi connectivity index (χ3n) is 23.4. The van der Waals surface area contributed by atoms with Gasteiger partial charge in [-0.15, -0.1) is 0 Å². The summed E-state index contributed by atoms with van der Waals surface area (Å²) in [6.45, 7) is 17.6. The van der Waals surface area contributed by atoms with Gasteiger partial charge in [0.25, 0.3) is 0 Å². The van der Waals surface area contributed by atoms with Gasteiger partial charge >= 0.3 is 37.7 Å². The van der Waals surface area contributed by atoms with E-state index in [4.69, 9.17) is 0 Å². The van der Waals surface area contributed by atoms with Crippen molar-refractivity contribution >= 4 is 49.7 Å². The van der Waals surface area contributed by atoms with Crippen molar-refractivity contribution in [2.45, 2.75) is 580 Å². The fraction of sp³-hybridized carbons (Fsp3) is 0.979. The van der Waals surface area contributed by atoms with E-state index in [1.54, 1.807) is 0 Å². The van der Waals surface area contributed by atoms with Crippen molar-refractivity contribution in [2.24, 2.45) is 0 Å². The standard InChI is InChI=1S/2C48H97NO2.Ca/c2*1-4-6-8-10-12-14-16-18-20-22-24-26-28-30-32-34-36-38-40-42-44-49(47(3)46-48(50)51)45-43-41-39-37-35-33-31-29-27-25-23-21-19-17-15-13-11-9-7-5-2;/h2*47H,4-46H2,1-3H3,(H,50,51);/q;;+2/p-2. The fourth-order valence-corrected chi connectivity index (χ4v) is 16.1. The second-order valence-corrected chi connectivity index (χ2v) is 33.8. The predicted octanol–water partition coefficient (Wildman–Crippen LogP) is 30.5. The number of rotatable bonds is 90. The number of carbonyl (C=O) groups is 2. The summed E-state index contributed by atoms with van der Waals surface area (Å²) in [5.41, 5.74) is 0. The molecule has 0 saturated heterocycles. The topological polar surface area (TPSA) is 86.7 Å². The zero-order chi connectivity index (χ0) is 74.3. The fourth-order valence-electron chi connectivity index (χ4n) is 16.1. The number of nitrogens with zero attached hydrogens (tertiary/aromatic N) is 2. The van der Waals surface area contributed by atoms with Crippen LogP contribution in [0.2, 0.25) is 0 Å². The average molecular weight is 1480 g/mol. The summed E-state index contributed by atoms with van der Waals surface area (Å²) in [7, 11) is 0. The Hall–Kier alpha value is 0.120. The van der Waals surface area contributed by atoms with Gasteiger partial charge in [0.1, 0.15) is 0 Å². The van der Waals surface area contributed by atoms with E-state index in [1.165, 1.54) is 514 Å². The molecule has 103 heavy (non-hydrogen) atoms. The van der Waals surface area contributed by atoms with Gasteiger partial charge in [0.2, 0.25) is 0 Å². The predicted molar refractivity (Wildman–Crippen MR) is 459 cm³/mol. The van der Waals surface area contributed by atoms with E-state index in [2.05, 4.69) is 51.3 Å². The number of carbonyl (C=O) groups excluding carboxylic acids is 2. The summed E-state index contributed by atoms with van der Waals surface area (Å²) >= 11 is 0. The van der Waals surface area contributed by atoms with Crippen molar-refractivity contribution in [2.75, 3.05) is 26.2 Å². The molecular weight excluding hydrogens is 1290 g/mol. The monoisotopic (exact) mass is 1480 g/mol. The second kappa shape index (κ2) is 96.3. The summed E-state index contributed by atoms with van der Waals surface area (Å²) in [6, 6.07) is 0.186. The number of unbranched alkanes of at least 4 members (excludes halogenated alkanes) is 76. The minimum Gasteiger partial charge on any atom is -0.550 e. The van der Waals surface area contributed by atoms with Crippen molar-refractivity contribution in [1.29, 1.82) is 0 Å². The van der Waals surface area contributed by atoms with Crippen LogP contribution in [0.5, 0.6) is 0 Å². The Morgan fingerprint density at radius 3 is 0.359 bits per heavy atom. The van der Waals surface area contributed by atoms with E-state index in [1.807, 2.05) is 0 Å². The maximum atomic E-state index is 11.3. The first-order valence-corrected chi connectivity index (χ1v) is 48.1. The Morgan fingerprint density at radius 2 is 0.272 bits per heavy atom. The van der Waals surface area contributed by atoms with Crippen molar-refractivity contribution in [1.82, 2.24) is 9.80 Å². The number of aliphatic carboxylic acids is 2. The van der Waals surface area contributed by atoms with Crippen molar-refractivity contribution in [3.05, 3.63) is 0 Å². The molecule has 2 atom stereocenters. The molecule has 0 amide bonds. The molecule has 2 unspecified atom stereocenters. The zero-order valence-electron chi connectivity index (χ0n) is 72.2. The number of carboxylic acids is 2. The number of hydrogen-bond donors (Lipinski definition) is 0. The summed E-state index contributed by atoms with van der Waals surface area (Å²) in [4.78, 5) is 27.5. The van der Waals surface area contributed by atoms with Crippen LogP contribution >= 0.6 is 0 Å². The third kappa shape index (κ3) is 94.4. The first-order valence-electron chi connectivity index (χ1n) is 48.1. The van der Waals surface area contributed by atoms with Crippen LogP contribution in [-0.2, 0) is 9.59 Å². The van der Waals surface area contributed by atoms with Crippen molar-refractivity contribution in [3.8, 4) is 0 Å². The molecule has 0 aromatic rings. The minimum absolute atomic E-state index is 0. The van der Waals surface area contributed by atoms with Gasteiger partial charge in [-0.3, -0.25) is 0 Å². The quantitative estimate of drug-likeness (QED) is 0.0445. The molecule has 0 aliphatic carbocycles. The average Bonchev–Trinajstić information content (AvgIpc) is 1.04. The van der Waals surface area contributed by atoms with Crippen LogP contribution in [0, 0.1) is 0 Å². The van der Waals surface area contributed by atoms with Gasteiger partial charge in [0, 0.05) is 36.9 Å². The molecule has 0 rings (SSSR count). The maximum absolute atomic E-state index is 11.3. The van der Waals surface area contributed by atoms with Crippen molar-refractivity contribution < 1.29 is 19.8 Å². The van der Waals surface area contributed by atoms with Gasteiger partial charge in [0.15, 0.2) is 0 Å². The van der Waals surface area contributed by atoms with E-state index in [-0.39, 0.29) is 62.7 Å². The van der Waals surface area contributed by atoms with E-state index in [9.17, 15) is 19.8 Å². The summed E-state index contributed by atoms with van der Waals surface area (Å²) < 4.78 is 0. The molecule has 0 aromatic carbocycles. The SMILES string of the molecule is CCCCCCCCCCCCCCCCCCCCCCN(CCCCCCCCCCCCCCCCCCCCCC)C(C)CC(=O)[O-].CCCCCCCCCCCCCCCCCCCCCCN(CCCCCCCCCCCCCCCCCCCCCC)C(C)CC(=O)[O-].[Ca+2]. The minimum atomic E-state index is -0.903. The Morgan fingerprint density at radius 1 is 0.184 bits per heavy atom.